The first kappa shape index (κ1) is 22.1. The van der Waals surface area contributed by atoms with Crippen molar-refractivity contribution in [3.05, 3.63) is 102 Å². The second-order valence-corrected chi connectivity index (χ2v) is 7.74. The monoisotopic (exact) mass is 442 g/mol. The third kappa shape index (κ3) is 4.46. The molecule has 1 aliphatic heterocycles. The van der Waals surface area contributed by atoms with Crippen molar-refractivity contribution in [2.24, 2.45) is 0 Å². The average Bonchev–Trinajstić information content (AvgIpc) is 2.87. The van der Waals surface area contributed by atoms with Crippen molar-refractivity contribution in [3.63, 3.8) is 0 Å². The van der Waals surface area contributed by atoms with Crippen LogP contribution in [-0.2, 0) is 11.2 Å². The molecule has 1 N–H and O–H groups in total. The third-order valence-electron chi connectivity index (χ3n) is 5.81. The lowest BCUT2D eigenvalue weighted by atomic mass is 9.87. The number of nitrogens with one attached hydrogen (secondary N) is 1. The third-order valence-corrected chi connectivity index (χ3v) is 5.81. The first-order chi connectivity index (χ1) is 16.0. The van der Waals surface area contributed by atoms with Gasteiger partial charge in [-0.15, -0.1) is 0 Å². The van der Waals surface area contributed by atoms with Gasteiger partial charge in [0.15, 0.2) is 11.5 Å². The highest BCUT2D eigenvalue weighted by molar-refractivity contribution is 6.01. The number of ether oxygens (including phenoxy) is 2. The molecule has 1 aliphatic rings. The summed E-state index contributed by atoms with van der Waals surface area (Å²) in [6.45, 7) is 4.02. The molecule has 0 bridgehead atoms. The number of carbonyl (C=O) groups is 2. The summed E-state index contributed by atoms with van der Waals surface area (Å²) in [5.41, 5.74) is 4.19. The van der Waals surface area contributed by atoms with Crippen LogP contribution in [0.15, 0.2) is 79.4 Å². The maximum absolute atomic E-state index is 13.7. The molecule has 1 atom stereocenters. The van der Waals surface area contributed by atoms with Gasteiger partial charge in [0, 0.05) is 17.8 Å². The van der Waals surface area contributed by atoms with E-state index in [0.29, 0.717) is 35.7 Å². The number of carbonyl (C=O) groups excluding carboxylic acids is 2. The Labute approximate surface area is 193 Å². The molecule has 3 aromatic rings. The number of benzene rings is 3. The maximum Gasteiger partial charge on any atom is 0.254 e. The summed E-state index contributed by atoms with van der Waals surface area (Å²) in [6.07, 6.45) is 1.89. The Morgan fingerprint density at radius 2 is 1.73 bits per heavy atom. The molecule has 0 radical (unpaired) electrons. The van der Waals surface area contributed by atoms with Crippen LogP contribution in [0, 0.1) is 0 Å². The highest BCUT2D eigenvalue weighted by Gasteiger charge is 2.33. The number of hydrogen-bond acceptors (Lipinski definition) is 4. The molecule has 0 fully saturated rings. The van der Waals surface area contributed by atoms with E-state index >= 15 is 0 Å². The first-order valence-corrected chi connectivity index (χ1v) is 10.7. The summed E-state index contributed by atoms with van der Waals surface area (Å²) < 4.78 is 11.0. The van der Waals surface area contributed by atoms with Crippen molar-refractivity contribution in [3.8, 4) is 11.5 Å². The van der Waals surface area contributed by atoms with E-state index < -0.39 is 0 Å². The zero-order chi connectivity index (χ0) is 23.4. The Morgan fingerprint density at radius 1 is 1.00 bits per heavy atom. The van der Waals surface area contributed by atoms with Crippen LogP contribution in [0.1, 0.15) is 33.1 Å². The molecule has 6 nitrogen and oxygen atoms in total. The molecule has 1 heterocycles. The van der Waals surface area contributed by atoms with Crippen LogP contribution >= 0.6 is 0 Å². The van der Waals surface area contributed by atoms with Gasteiger partial charge in [-0.05, 0) is 59.5 Å². The van der Waals surface area contributed by atoms with Gasteiger partial charge in [0.25, 0.3) is 5.91 Å². The molecule has 33 heavy (non-hydrogen) atoms. The van der Waals surface area contributed by atoms with E-state index in [-0.39, 0.29) is 17.9 Å². The molecule has 1 unspecified atom stereocenters. The Bertz CT molecular complexity index is 1190. The first-order valence-electron chi connectivity index (χ1n) is 10.7. The topological polar surface area (TPSA) is 67.9 Å². The minimum absolute atomic E-state index is 0.112. The fourth-order valence-corrected chi connectivity index (χ4v) is 4.25. The smallest absolute Gasteiger partial charge is 0.254 e. The number of methoxy groups -OCH3 is 2. The normalized spacial score (nSPS) is 14.7. The Hall–Kier alpha value is -4.06. The number of hydrogen-bond donors (Lipinski definition) is 1. The number of rotatable bonds is 6. The van der Waals surface area contributed by atoms with Gasteiger partial charge in [0.05, 0.1) is 20.3 Å². The van der Waals surface area contributed by atoms with Crippen molar-refractivity contribution in [2.75, 3.05) is 26.1 Å². The lowest BCUT2D eigenvalue weighted by molar-refractivity contribution is -0.111. The number of amides is 2. The van der Waals surface area contributed by atoms with Crippen molar-refractivity contribution in [2.45, 2.75) is 12.5 Å². The molecule has 0 aromatic heterocycles. The van der Waals surface area contributed by atoms with Gasteiger partial charge in [-0.1, -0.05) is 43.0 Å². The molecule has 3 aromatic carbocycles. The van der Waals surface area contributed by atoms with Crippen LogP contribution in [0.25, 0.3) is 0 Å². The van der Waals surface area contributed by atoms with Crippen LogP contribution < -0.4 is 14.8 Å². The molecule has 0 saturated carbocycles. The average molecular weight is 443 g/mol. The second-order valence-electron chi connectivity index (χ2n) is 7.74. The predicted molar refractivity (Wildman–Crippen MR) is 128 cm³/mol. The molecular weight excluding hydrogens is 416 g/mol. The highest BCUT2D eigenvalue weighted by Crippen LogP contribution is 2.41. The van der Waals surface area contributed by atoms with Gasteiger partial charge < -0.3 is 19.7 Å². The zero-order valence-corrected chi connectivity index (χ0v) is 18.7. The van der Waals surface area contributed by atoms with Gasteiger partial charge in [-0.25, -0.2) is 0 Å². The Kier molecular flexibility index (Phi) is 6.45. The quantitative estimate of drug-likeness (QED) is 0.566. The van der Waals surface area contributed by atoms with E-state index in [1.807, 2.05) is 47.4 Å². The van der Waals surface area contributed by atoms with Gasteiger partial charge in [0.2, 0.25) is 5.91 Å². The van der Waals surface area contributed by atoms with Crippen LogP contribution in [-0.4, -0.2) is 37.5 Å². The lowest BCUT2D eigenvalue weighted by Gasteiger charge is -2.38. The fraction of sp³-hybridized carbons (Fsp3) is 0.185. The van der Waals surface area contributed by atoms with Gasteiger partial charge in [-0.3, -0.25) is 9.59 Å². The summed E-state index contributed by atoms with van der Waals surface area (Å²) in [5.74, 6) is 0.864. The van der Waals surface area contributed by atoms with E-state index in [1.54, 1.807) is 38.5 Å². The Morgan fingerprint density at radius 3 is 2.42 bits per heavy atom. The summed E-state index contributed by atoms with van der Waals surface area (Å²) in [5, 5.41) is 2.72. The van der Waals surface area contributed by atoms with Crippen LogP contribution in [0.2, 0.25) is 0 Å². The van der Waals surface area contributed by atoms with Crippen molar-refractivity contribution < 1.29 is 19.1 Å². The summed E-state index contributed by atoms with van der Waals surface area (Å²) in [4.78, 5) is 27.3. The van der Waals surface area contributed by atoms with Crippen LogP contribution in [0.4, 0.5) is 5.69 Å². The summed E-state index contributed by atoms with van der Waals surface area (Å²) >= 11 is 0. The standard InChI is InChI=1S/C27H26N2O4/c1-4-25(30)28-21-12-8-11-20(15-21)27(31)29-14-13-19-16-23(32-2)24(33-3)17-22(19)26(29)18-9-6-5-7-10-18/h4-12,15-17,26H,1,13-14H2,2-3H3,(H,28,30). The summed E-state index contributed by atoms with van der Waals surface area (Å²) in [6, 6.07) is 20.6. The van der Waals surface area contributed by atoms with E-state index in [0.717, 1.165) is 16.7 Å². The fourth-order valence-electron chi connectivity index (χ4n) is 4.25. The molecule has 2 amide bonds. The molecule has 0 saturated heterocycles. The van der Waals surface area contributed by atoms with Crippen molar-refractivity contribution in [1.82, 2.24) is 4.90 Å². The highest BCUT2D eigenvalue weighted by atomic mass is 16.5. The van der Waals surface area contributed by atoms with Gasteiger partial charge in [0.1, 0.15) is 0 Å². The minimum atomic E-state index is -0.324. The lowest BCUT2D eigenvalue weighted by Crippen LogP contribution is -2.40. The minimum Gasteiger partial charge on any atom is -0.493 e. The molecule has 168 valence electrons. The predicted octanol–water partition coefficient (Wildman–Crippen LogP) is 4.62. The molecule has 0 aliphatic carbocycles. The SMILES string of the molecule is C=CC(=O)Nc1cccc(C(=O)N2CCc3cc(OC)c(OC)cc3C2c2ccccc2)c1. The van der Waals surface area contributed by atoms with Crippen molar-refractivity contribution >= 4 is 17.5 Å². The van der Waals surface area contributed by atoms with E-state index in [4.69, 9.17) is 9.47 Å². The number of fused-ring (bicyclic) bond motifs is 1. The van der Waals surface area contributed by atoms with E-state index in [9.17, 15) is 9.59 Å². The van der Waals surface area contributed by atoms with E-state index in [2.05, 4.69) is 11.9 Å². The maximum atomic E-state index is 13.7. The van der Waals surface area contributed by atoms with Gasteiger partial charge in [-0.2, -0.15) is 0 Å². The molecule has 6 heteroatoms. The van der Waals surface area contributed by atoms with E-state index in [1.165, 1.54) is 6.08 Å². The Balaban J connectivity index is 1.77. The summed E-state index contributed by atoms with van der Waals surface area (Å²) in [7, 11) is 3.23. The second kappa shape index (κ2) is 9.61. The zero-order valence-electron chi connectivity index (χ0n) is 18.7. The molecular formula is C27H26N2O4. The molecule has 4 rings (SSSR count). The van der Waals surface area contributed by atoms with Crippen molar-refractivity contribution in [1.29, 1.82) is 0 Å². The van der Waals surface area contributed by atoms with Crippen LogP contribution in [0.5, 0.6) is 11.5 Å². The molecule has 0 spiro atoms. The number of anilines is 1. The number of nitrogens with zero attached hydrogens (tertiary/aromatic N) is 1. The largest absolute Gasteiger partial charge is 0.493 e. The van der Waals surface area contributed by atoms with Crippen LogP contribution in [0.3, 0.4) is 0 Å². The van der Waals surface area contributed by atoms with Gasteiger partial charge >= 0.3 is 0 Å².